The fourth-order valence-corrected chi connectivity index (χ4v) is 1.72. The molecule has 2 aromatic heterocycles. The van der Waals surface area contributed by atoms with Crippen LogP contribution in [0.4, 0.5) is 5.82 Å². The standard InChI is InChI=1S/C8H11N5S/c1-3-9-8-7(11-14-12-8)6-4-5-13(2)10-6/h4-5H,3H2,1-2H3,(H,9,12). The van der Waals surface area contributed by atoms with Crippen molar-refractivity contribution in [3.63, 3.8) is 0 Å². The molecule has 5 nitrogen and oxygen atoms in total. The first-order valence-corrected chi connectivity index (χ1v) is 5.10. The molecule has 0 spiro atoms. The van der Waals surface area contributed by atoms with Crippen LogP contribution >= 0.6 is 11.7 Å². The average Bonchev–Trinajstić information content (AvgIpc) is 2.74. The molecular weight excluding hydrogens is 198 g/mol. The monoisotopic (exact) mass is 209 g/mol. The first-order valence-electron chi connectivity index (χ1n) is 4.37. The van der Waals surface area contributed by atoms with Crippen molar-refractivity contribution in [1.82, 2.24) is 18.5 Å². The Hall–Kier alpha value is -1.43. The van der Waals surface area contributed by atoms with Crippen LogP contribution in [-0.4, -0.2) is 25.1 Å². The van der Waals surface area contributed by atoms with E-state index in [4.69, 9.17) is 0 Å². The van der Waals surface area contributed by atoms with Crippen LogP contribution in [0.2, 0.25) is 0 Å². The van der Waals surface area contributed by atoms with Crippen LogP contribution in [0.15, 0.2) is 12.3 Å². The van der Waals surface area contributed by atoms with Gasteiger partial charge in [-0.3, -0.25) is 4.68 Å². The quantitative estimate of drug-likeness (QED) is 0.829. The molecule has 1 N–H and O–H groups in total. The van der Waals surface area contributed by atoms with Gasteiger partial charge in [0.15, 0.2) is 5.82 Å². The number of nitrogens with zero attached hydrogens (tertiary/aromatic N) is 4. The lowest BCUT2D eigenvalue weighted by Crippen LogP contribution is -1.98. The number of nitrogens with one attached hydrogen (secondary N) is 1. The maximum Gasteiger partial charge on any atom is 0.169 e. The summed E-state index contributed by atoms with van der Waals surface area (Å²) in [6.07, 6.45) is 1.89. The van der Waals surface area contributed by atoms with Crippen LogP contribution in [0, 0.1) is 0 Å². The van der Waals surface area contributed by atoms with E-state index in [1.165, 1.54) is 11.7 Å². The number of hydrogen-bond acceptors (Lipinski definition) is 5. The van der Waals surface area contributed by atoms with E-state index in [9.17, 15) is 0 Å². The Kier molecular flexibility index (Phi) is 2.45. The predicted molar refractivity (Wildman–Crippen MR) is 56.3 cm³/mol. The summed E-state index contributed by atoms with van der Waals surface area (Å²) in [7, 11) is 1.89. The molecule has 2 aromatic rings. The van der Waals surface area contributed by atoms with Gasteiger partial charge in [-0.05, 0) is 13.0 Å². The van der Waals surface area contributed by atoms with E-state index in [1.54, 1.807) is 4.68 Å². The van der Waals surface area contributed by atoms with Crippen molar-refractivity contribution in [2.75, 3.05) is 11.9 Å². The second-order valence-electron chi connectivity index (χ2n) is 2.87. The van der Waals surface area contributed by atoms with Gasteiger partial charge in [0.05, 0.1) is 11.7 Å². The van der Waals surface area contributed by atoms with Gasteiger partial charge in [-0.25, -0.2) is 0 Å². The highest BCUT2D eigenvalue weighted by atomic mass is 32.1. The molecule has 0 bridgehead atoms. The minimum Gasteiger partial charge on any atom is -0.368 e. The molecule has 0 aliphatic heterocycles. The Bertz CT molecular complexity index is 419. The fourth-order valence-electron chi connectivity index (χ4n) is 1.18. The molecule has 0 radical (unpaired) electrons. The smallest absolute Gasteiger partial charge is 0.169 e. The van der Waals surface area contributed by atoms with Crippen LogP contribution in [-0.2, 0) is 7.05 Å². The molecule has 74 valence electrons. The molecule has 6 heteroatoms. The van der Waals surface area contributed by atoms with Gasteiger partial charge in [-0.15, -0.1) is 0 Å². The highest BCUT2D eigenvalue weighted by Gasteiger charge is 2.11. The molecule has 0 aromatic carbocycles. The normalized spacial score (nSPS) is 10.4. The minimum absolute atomic E-state index is 0.816. The zero-order valence-electron chi connectivity index (χ0n) is 8.06. The molecule has 0 atom stereocenters. The SMILES string of the molecule is CCNc1nsnc1-c1ccn(C)n1. The van der Waals surface area contributed by atoms with Gasteiger partial charge < -0.3 is 5.32 Å². The predicted octanol–water partition coefficient (Wildman–Crippen LogP) is 1.37. The van der Waals surface area contributed by atoms with Crippen LogP contribution in [0.1, 0.15) is 6.92 Å². The van der Waals surface area contributed by atoms with Crippen molar-refractivity contribution < 1.29 is 0 Å². The highest BCUT2D eigenvalue weighted by Crippen LogP contribution is 2.23. The van der Waals surface area contributed by atoms with Gasteiger partial charge in [0, 0.05) is 19.8 Å². The van der Waals surface area contributed by atoms with Gasteiger partial charge in [-0.2, -0.15) is 13.8 Å². The maximum absolute atomic E-state index is 4.28. The second-order valence-corrected chi connectivity index (χ2v) is 3.39. The summed E-state index contributed by atoms with van der Waals surface area (Å²) >= 11 is 1.20. The lowest BCUT2D eigenvalue weighted by molar-refractivity contribution is 0.770. The Morgan fingerprint density at radius 3 is 3.00 bits per heavy atom. The number of aryl methyl sites for hydroxylation is 1. The number of hydrogen-bond donors (Lipinski definition) is 1. The largest absolute Gasteiger partial charge is 0.368 e. The summed E-state index contributed by atoms with van der Waals surface area (Å²) < 4.78 is 10.1. The Labute approximate surface area is 86.1 Å². The van der Waals surface area contributed by atoms with Gasteiger partial charge >= 0.3 is 0 Å². The molecule has 2 heterocycles. The number of rotatable bonds is 3. The third-order valence-electron chi connectivity index (χ3n) is 1.79. The van der Waals surface area contributed by atoms with Crippen molar-refractivity contribution in [2.24, 2.45) is 7.05 Å². The third-order valence-corrected chi connectivity index (χ3v) is 2.32. The van der Waals surface area contributed by atoms with Crippen LogP contribution < -0.4 is 5.32 Å². The molecule has 14 heavy (non-hydrogen) atoms. The van der Waals surface area contributed by atoms with E-state index in [2.05, 4.69) is 19.2 Å². The van der Waals surface area contributed by atoms with Crippen molar-refractivity contribution >= 4 is 17.5 Å². The zero-order valence-corrected chi connectivity index (χ0v) is 8.88. The van der Waals surface area contributed by atoms with E-state index in [-0.39, 0.29) is 0 Å². The second kappa shape index (κ2) is 3.75. The summed E-state index contributed by atoms with van der Waals surface area (Å²) in [6, 6.07) is 1.93. The molecule has 0 fully saturated rings. The Morgan fingerprint density at radius 2 is 2.36 bits per heavy atom. The van der Waals surface area contributed by atoms with Crippen LogP contribution in [0.3, 0.4) is 0 Å². The van der Waals surface area contributed by atoms with Crippen LogP contribution in [0.25, 0.3) is 11.4 Å². The number of anilines is 1. The first-order chi connectivity index (χ1) is 6.81. The van der Waals surface area contributed by atoms with Crippen molar-refractivity contribution in [3.05, 3.63) is 12.3 Å². The van der Waals surface area contributed by atoms with E-state index < -0.39 is 0 Å². The maximum atomic E-state index is 4.28. The van der Waals surface area contributed by atoms with E-state index in [1.807, 2.05) is 26.2 Å². The van der Waals surface area contributed by atoms with E-state index >= 15 is 0 Å². The van der Waals surface area contributed by atoms with Gasteiger partial charge in [0.1, 0.15) is 11.4 Å². The summed E-state index contributed by atoms with van der Waals surface area (Å²) in [4.78, 5) is 0. The molecule has 0 aliphatic carbocycles. The van der Waals surface area contributed by atoms with Gasteiger partial charge in [0.25, 0.3) is 0 Å². The summed E-state index contributed by atoms with van der Waals surface area (Å²) in [5, 5.41) is 7.43. The lowest BCUT2D eigenvalue weighted by atomic mass is 10.3. The zero-order chi connectivity index (χ0) is 9.97. The average molecular weight is 209 g/mol. The molecule has 0 unspecified atom stereocenters. The van der Waals surface area contributed by atoms with Gasteiger partial charge in [0.2, 0.25) is 0 Å². The Morgan fingerprint density at radius 1 is 1.50 bits per heavy atom. The Balaban J connectivity index is 2.36. The third kappa shape index (κ3) is 1.60. The molecule has 0 amide bonds. The minimum atomic E-state index is 0.816. The molecule has 0 aliphatic rings. The van der Waals surface area contributed by atoms with E-state index in [0.717, 1.165) is 23.8 Å². The van der Waals surface area contributed by atoms with Crippen molar-refractivity contribution in [2.45, 2.75) is 6.92 Å². The summed E-state index contributed by atoms with van der Waals surface area (Å²) in [5.74, 6) is 0.816. The van der Waals surface area contributed by atoms with E-state index in [0.29, 0.717) is 0 Å². The molecule has 2 rings (SSSR count). The summed E-state index contributed by atoms with van der Waals surface area (Å²) in [6.45, 7) is 2.87. The first kappa shape index (κ1) is 9.14. The highest BCUT2D eigenvalue weighted by molar-refractivity contribution is 6.99. The molecular formula is C8H11N5S. The van der Waals surface area contributed by atoms with Crippen LogP contribution in [0.5, 0.6) is 0 Å². The lowest BCUT2D eigenvalue weighted by Gasteiger charge is -1.98. The topological polar surface area (TPSA) is 55.6 Å². The summed E-state index contributed by atoms with van der Waals surface area (Å²) in [5.41, 5.74) is 1.69. The number of aromatic nitrogens is 4. The van der Waals surface area contributed by atoms with Gasteiger partial charge in [-0.1, -0.05) is 0 Å². The molecule has 0 saturated carbocycles. The fraction of sp³-hybridized carbons (Fsp3) is 0.375. The molecule has 0 saturated heterocycles. The van der Waals surface area contributed by atoms with Crippen molar-refractivity contribution in [1.29, 1.82) is 0 Å². The van der Waals surface area contributed by atoms with Crippen molar-refractivity contribution in [3.8, 4) is 11.4 Å².